The molecule has 1 saturated carbocycles. The minimum Gasteiger partial charge on any atom is -0.351 e. The lowest BCUT2D eigenvalue weighted by Crippen LogP contribution is -2.48. The van der Waals surface area contributed by atoms with Crippen LogP contribution in [0.25, 0.3) is 0 Å². The quantitative estimate of drug-likeness (QED) is 0.851. The summed E-state index contributed by atoms with van der Waals surface area (Å²) in [4.78, 5) is 26.7. The summed E-state index contributed by atoms with van der Waals surface area (Å²) < 4.78 is 0. The Morgan fingerprint density at radius 2 is 1.48 bits per heavy atom. The summed E-state index contributed by atoms with van der Waals surface area (Å²) >= 11 is 0. The number of amides is 2. The van der Waals surface area contributed by atoms with Crippen molar-refractivity contribution in [3.05, 3.63) is 0 Å². The van der Waals surface area contributed by atoms with E-state index in [2.05, 4.69) is 5.32 Å². The molecule has 2 amide bonds. The molecule has 1 aliphatic carbocycles. The number of hydrogen-bond donors (Lipinski definition) is 1. The van der Waals surface area contributed by atoms with Gasteiger partial charge in [-0.15, -0.1) is 0 Å². The van der Waals surface area contributed by atoms with Crippen molar-refractivity contribution in [2.45, 2.75) is 71.3 Å². The van der Waals surface area contributed by atoms with Crippen LogP contribution >= 0.6 is 0 Å². The van der Waals surface area contributed by atoms with Crippen LogP contribution in [0.2, 0.25) is 0 Å². The number of carbonyl (C=O) groups excluding carboxylic acids is 2. The van der Waals surface area contributed by atoms with Crippen LogP contribution in [0.4, 0.5) is 0 Å². The van der Waals surface area contributed by atoms with Crippen molar-refractivity contribution in [1.82, 2.24) is 10.2 Å². The molecule has 0 aromatic rings. The lowest BCUT2D eigenvalue weighted by atomic mass is 9.87. The molecule has 2 aliphatic rings. The van der Waals surface area contributed by atoms with Gasteiger partial charge in [0, 0.05) is 30.5 Å². The molecule has 0 unspecified atom stereocenters. The van der Waals surface area contributed by atoms with Crippen LogP contribution in [0.5, 0.6) is 0 Å². The van der Waals surface area contributed by atoms with Gasteiger partial charge >= 0.3 is 0 Å². The Morgan fingerprint density at radius 3 is 2.00 bits per heavy atom. The third kappa shape index (κ3) is 4.72. The van der Waals surface area contributed by atoms with Gasteiger partial charge in [-0.25, -0.2) is 0 Å². The van der Waals surface area contributed by atoms with Crippen LogP contribution in [0.1, 0.15) is 65.7 Å². The van der Waals surface area contributed by atoms with E-state index >= 15 is 0 Å². The molecule has 1 aliphatic heterocycles. The summed E-state index contributed by atoms with van der Waals surface area (Å²) in [6.07, 6.45) is 7.40. The van der Waals surface area contributed by atoms with Gasteiger partial charge in [0.1, 0.15) is 0 Å². The summed E-state index contributed by atoms with van der Waals surface area (Å²) in [5.41, 5.74) is -0.174. The standard InChI is InChI=1S/C17H30N2O2/c1-17(2,3)18-15(20)13-9-11-19(12-10-13)16(21)14-7-5-4-6-8-14/h13-14H,4-12H2,1-3H3,(H,18,20). The van der Waals surface area contributed by atoms with Gasteiger partial charge in [0.15, 0.2) is 0 Å². The lowest BCUT2D eigenvalue weighted by Gasteiger charge is -2.35. The molecule has 21 heavy (non-hydrogen) atoms. The average Bonchev–Trinajstić information content (AvgIpc) is 2.46. The molecule has 2 rings (SSSR count). The van der Waals surface area contributed by atoms with Crippen LogP contribution < -0.4 is 5.32 Å². The van der Waals surface area contributed by atoms with E-state index in [9.17, 15) is 9.59 Å². The molecular formula is C17H30N2O2. The van der Waals surface area contributed by atoms with E-state index < -0.39 is 0 Å². The molecule has 4 nitrogen and oxygen atoms in total. The van der Waals surface area contributed by atoms with Crippen molar-refractivity contribution >= 4 is 11.8 Å². The monoisotopic (exact) mass is 294 g/mol. The van der Waals surface area contributed by atoms with Crippen molar-refractivity contribution in [2.24, 2.45) is 11.8 Å². The first-order chi connectivity index (χ1) is 9.87. The Hall–Kier alpha value is -1.06. The van der Waals surface area contributed by atoms with E-state index in [-0.39, 0.29) is 23.3 Å². The topological polar surface area (TPSA) is 49.4 Å². The predicted octanol–water partition coefficient (Wildman–Crippen LogP) is 2.72. The number of piperidine rings is 1. The van der Waals surface area contributed by atoms with Crippen LogP contribution in [0.15, 0.2) is 0 Å². The average molecular weight is 294 g/mol. The Bertz CT molecular complexity index is 373. The van der Waals surface area contributed by atoms with Crippen molar-refractivity contribution in [3.8, 4) is 0 Å². The second-order valence-corrected chi connectivity index (χ2v) is 7.67. The molecule has 0 aromatic heterocycles. The number of nitrogens with one attached hydrogen (secondary N) is 1. The molecule has 2 fully saturated rings. The van der Waals surface area contributed by atoms with Crippen molar-refractivity contribution < 1.29 is 9.59 Å². The molecule has 0 bridgehead atoms. The maximum Gasteiger partial charge on any atom is 0.225 e. The largest absolute Gasteiger partial charge is 0.351 e. The number of rotatable bonds is 2. The number of hydrogen-bond acceptors (Lipinski definition) is 2. The SMILES string of the molecule is CC(C)(C)NC(=O)C1CCN(C(=O)C2CCCCC2)CC1. The maximum absolute atomic E-state index is 12.5. The van der Waals surface area contributed by atoms with Gasteiger partial charge in [-0.1, -0.05) is 19.3 Å². The number of nitrogens with zero attached hydrogens (tertiary/aromatic N) is 1. The molecule has 0 aromatic carbocycles. The smallest absolute Gasteiger partial charge is 0.225 e. The zero-order valence-corrected chi connectivity index (χ0v) is 13.8. The highest BCUT2D eigenvalue weighted by Crippen LogP contribution is 2.27. The fraction of sp³-hybridized carbons (Fsp3) is 0.882. The number of carbonyl (C=O) groups is 2. The first kappa shape index (κ1) is 16.3. The second kappa shape index (κ2) is 6.80. The Labute approximate surface area is 128 Å². The molecule has 0 atom stereocenters. The molecule has 1 saturated heterocycles. The van der Waals surface area contributed by atoms with Crippen molar-refractivity contribution in [1.29, 1.82) is 0 Å². The minimum atomic E-state index is -0.174. The number of likely N-dealkylation sites (tertiary alicyclic amines) is 1. The van der Waals surface area contributed by atoms with E-state index in [1.54, 1.807) is 0 Å². The van der Waals surface area contributed by atoms with E-state index in [0.29, 0.717) is 5.91 Å². The van der Waals surface area contributed by atoms with Gasteiger partial charge in [-0.3, -0.25) is 9.59 Å². The second-order valence-electron chi connectivity index (χ2n) is 7.67. The van der Waals surface area contributed by atoms with Gasteiger partial charge in [0.2, 0.25) is 11.8 Å². The highest BCUT2D eigenvalue weighted by Gasteiger charge is 2.32. The normalized spacial score (nSPS) is 22.1. The van der Waals surface area contributed by atoms with Gasteiger partial charge in [-0.05, 0) is 46.5 Å². The van der Waals surface area contributed by atoms with Gasteiger partial charge in [0.05, 0.1) is 0 Å². The third-order valence-corrected chi connectivity index (χ3v) is 4.63. The van der Waals surface area contributed by atoms with E-state index in [4.69, 9.17) is 0 Å². The first-order valence-corrected chi connectivity index (χ1v) is 8.47. The Morgan fingerprint density at radius 1 is 0.905 bits per heavy atom. The van der Waals surface area contributed by atoms with E-state index in [1.165, 1.54) is 19.3 Å². The Kier molecular flexibility index (Phi) is 5.28. The van der Waals surface area contributed by atoms with E-state index in [0.717, 1.165) is 38.8 Å². The molecule has 120 valence electrons. The first-order valence-electron chi connectivity index (χ1n) is 8.47. The molecule has 1 heterocycles. The third-order valence-electron chi connectivity index (χ3n) is 4.63. The fourth-order valence-corrected chi connectivity index (χ4v) is 3.44. The zero-order chi connectivity index (χ0) is 15.5. The minimum absolute atomic E-state index is 0.0691. The van der Waals surface area contributed by atoms with Crippen LogP contribution in [-0.4, -0.2) is 35.3 Å². The summed E-state index contributed by atoms with van der Waals surface area (Å²) in [7, 11) is 0. The van der Waals surface area contributed by atoms with Gasteiger partial charge in [0.25, 0.3) is 0 Å². The summed E-state index contributed by atoms with van der Waals surface area (Å²) in [6, 6.07) is 0. The maximum atomic E-state index is 12.5. The summed E-state index contributed by atoms with van der Waals surface area (Å²) in [6.45, 7) is 7.51. The summed E-state index contributed by atoms with van der Waals surface area (Å²) in [5, 5.41) is 3.05. The van der Waals surface area contributed by atoms with Crippen LogP contribution in [0.3, 0.4) is 0 Å². The molecule has 4 heteroatoms. The van der Waals surface area contributed by atoms with Gasteiger partial charge < -0.3 is 10.2 Å². The lowest BCUT2D eigenvalue weighted by molar-refractivity contribution is -0.140. The van der Waals surface area contributed by atoms with E-state index in [1.807, 2.05) is 25.7 Å². The Balaban J connectivity index is 1.80. The molecular weight excluding hydrogens is 264 g/mol. The van der Waals surface area contributed by atoms with Crippen LogP contribution in [0, 0.1) is 11.8 Å². The van der Waals surface area contributed by atoms with Crippen molar-refractivity contribution in [2.75, 3.05) is 13.1 Å². The summed E-state index contributed by atoms with van der Waals surface area (Å²) in [5.74, 6) is 0.801. The predicted molar refractivity (Wildman–Crippen MR) is 83.8 cm³/mol. The molecule has 1 N–H and O–H groups in total. The van der Waals surface area contributed by atoms with Crippen LogP contribution in [-0.2, 0) is 9.59 Å². The molecule has 0 spiro atoms. The zero-order valence-electron chi connectivity index (χ0n) is 13.8. The highest BCUT2D eigenvalue weighted by molar-refractivity contribution is 5.81. The fourth-order valence-electron chi connectivity index (χ4n) is 3.44. The highest BCUT2D eigenvalue weighted by atomic mass is 16.2. The van der Waals surface area contributed by atoms with Crippen molar-refractivity contribution in [3.63, 3.8) is 0 Å². The molecule has 0 radical (unpaired) electrons. The van der Waals surface area contributed by atoms with Gasteiger partial charge in [-0.2, -0.15) is 0 Å².